The third-order valence-corrected chi connectivity index (χ3v) is 3.90. The first-order valence-electron chi connectivity index (χ1n) is 5.98. The summed E-state index contributed by atoms with van der Waals surface area (Å²) >= 11 is 0. The number of likely N-dealkylation sites (tertiary alicyclic amines) is 1. The molecular weight excluding hydrogens is 188 g/mol. The van der Waals surface area contributed by atoms with Crippen molar-refractivity contribution < 1.29 is 4.79 Å². The SMILES string of the molecule is CNCC1CCN(C(=O)C2CC2(C)C)C1. The fourth-order valence-electron chi connectivity index (χ4n) is 2.60. The normalized spacial score (nSPS) is 33.1. The lowest BCUT2D eigenvalue weighted by Crippen LogP contribution is -2.32. The Labute approximate surface area is 92.2 Å². The van der Waals surface area contributed by atoms with Crippen molar-refractivity contribution >= 4 is 5.91 Å². The van der Waals surface area contributed by atoms with Crippen LogP contribution in [-0.4, -0.2) is 37.5 Å². The first-order valence-corrected chi connectivity index (χ1v) is 5.98. The van der Waals surface area contributed by atoms with Gasteiger partial charge in [-0.3, -0.25) is 4.79 Å². The molecule has 0 radical (unpaired) electrons. The van der Waals surface area contributed by atoms with Crippen LogP contribution >= 0.6 is 0 Å². The van der Waals surface area contributed by atoms with Crippen LogP contribution in [0.5, 0.6) is 0 Å². The molecule has 86 valence electrons. The Balaban J connectivity index is 1.84. The predicted octanol–water partition coefficient (Wildman–Crippen LogP) is 1.10. The fraction of sp³-hybridized carbons (Fsp3) is 0.917. The van der Waals surface area contributed by atoms with Crippen LogP contribution < -0.4 is 5.32 Å². The molecule has 2 rings (SSSR count). The van der Waals surface area contributed by atoms with Gasteiger partial charge in [0.1, 0.15) is 0 Å². The van der Waals surface area contributed by atoms with Crippen molar-refractivity contribution in [3.8, 4) is 0 Å². The van der Waals surface area contributed by atoms with E-state index in [1.807, 2.05) is 7.05 Å². The van der Waals surface area contributed by atoms with Gasteiger partial charge in [0.15, 0.2) is 0 Å². The quantitative estimate of drug-likeness (QED) is 0.756. The van der Waals surface area contributed by atoms with Gasteiger partial charge in [-0.05, 0) is 37.8 Å². The molecule has 1 saturated carbocycles. The lowest BCUT2D eigenvalue weighted by atomic mass is 10.1. The third kappa shape index (κ3) is 2.17. The van der Waals surface area contributed by atoms with Gasteiger partial charge in [0.25, 0.3) is 0 Å². The van der Waals surface area contributed by atoms with Crippen LogP contribution in [-0.2, 0) is 4.79 Å². The largest absolute Gasteiger partial charge is 0.342 e. The second-order valence-corrected chi connectivity index (χ2v) is 5.74. The minimum absolute atomic E-state index is 0.276. The number of nitrogens with one attached hydrogen (secondary N) is 1. The van der Waals surface area contributed by atoms with Gasteiger partial charge < -0.3 is 10.2 Å². The standard InChI is InChI=1S/C12H22N2O/c1-12(2)6-10(12)11(15)14-5-4-9(8-14)7-13-3/h9-10,13H,4-8H2,1-3H3. The van der Waals surface area contributed by atoms with E-state index in [2.05, 4.69) is 24.1 Å². The molecule has 2 atom stereocenters. The lowest BCUT2D eigenvalue weighted by molar-refractivity contribution is -0.132. The van der Waals surface area contributed by atoms with Gasteiger partial charge >= 0.3 is 0 Å². The highest BCUT2D eigenvalue weighted by atomic mass is 16.2. The van der Waals surface area contributed by atoms with Crippen molar-refractivity contribution in [1.82, 2.24) is 10.2 Å². The van der Waals surface area contributed by atoms with E-state index in [1.54, 1.807) is 0 Å². The number of hydrogen-bond donors (Lipinski definition) is 1. The van der Waals surface area contributed by atoms with E-state index >= 15 is 0 Å². The molecule has 0 aromatic rings. The van der Waals surface area contributed by atoms with Gasteiger partial charge in [0.05, 0.1) is 0 Å². The molecule has 0 aromatic heterocycles. The maximum absolute atomic E-state index is 12.1. The van der Waals surface area contributed by atoms with E-state index < -0.39 is 0 Å². The molecule has 1 saturated heterocycles. The molecule has 3 nitrogen and oxygen atoms in total. The van der Waals surface area contributed by atoms with Crippen molar-refractivity contribution in [1.29, 1.82) is 0 Å². The Morgan fingerprint density at radius 3 is 2.73 bits per heavy atom. The molecule has 1 amide bonds. The second kappa shape index (κ2) is 3.78. The molecule has 1 aliphatic carbocycles. The molecule has 15 heavy (non-hydrogen) atoms. The highest BCUT2D eigenvalue weighted by Crippen LogP contribution is 2.52. The zero-order valence-corrected chi connectivity index (χ0v) is 10.0. The van der Waals surface area contributed by atoms with Crippen LogP contribution in [0.2, 0.25) is 0 Å². The summed E-state index contributed by atoms with van der Waals surface area (Å²) < 4.78 is 0. The molecular formula is C12H22N2O. The van der Waals surface area contributed by atoms with E-state index in [9.17, 15) is 4.79 Å². The first kappa shape index (κ1) is 10.9. The summed E-state index contributed by atoms with van der Waals surface area (Å²) in [5.41, 5.74) is 0.276. The smallest absolute Gasteiger partial charge is 0.226 e. The van der Waals surface area contributed by atoms with Crippen molar-refractivity contribution in [2.45, 2.75) is 26.7 Å². The van der Waals surface area contributed by atoms with Crippen molar-refractivity contribution in [2.75, 3.05) is 26.7 Å². The molecule has 2 fully saturated rings. The number of rotatable bonds is 3. The first-order chi connectivity index (χ1) is 7.04. The molecule has 0 aromatic carbocycles. The van der Waals surface area contributed by atoms with E-state index in [-0.39, 0.29) is 5.41 Å². The number of nitrogens with zero attached hydrogens (tertiary/aromatic N) is 1. The summed E-state index contributed by atoms with van der Waals surface area (Å²) in [6.07, 6.45) is 2.25. The van der Waals surface area contributed by atoms with Gasteiger partial charge in [-0.15, -0.1) is 0 Å². The molecule has 2 unspecified atom stereocenters. The Bertz CT molecular complexity index is 262. The van der Waals surface area contributed by atoms with Crippen molar-refractivity contribution in [3.05, 3.63) is 0 Å². The van der Waals surface area contributed by atoms with Crippen molar-refractivity contribution in [3.63, 3.8) is 0 Å². The van der Waals surface area contributed by atoms with Gasteiger partial charge in [-0.1, -0.05) is 13.8 Å². The molecule has 0 bridgehead atoms. The van der Waals surface area contributed by atoms with Crippen LogP contribution in [0.4, 0.5) is 0 Å². The summed E-state index contributed by atoms with van der Waals surface area (Å²) in [6.45, 7) is 7.36. The van der Waals surface area contributed by atoms with E-state index in [0.717, 1.165) is 26.1 Å². The Hall–Kier alpha value is -0.570. The second-order valence-electron chi connectivity index (χ2n) is 5.74. The van der Waals surface area contributed by atoms with Crippen LogP contribution in [0.15, 0.2) is 0 Å². The van der Waals surface area contributed by atoms with Gasteiger partial charge in [-0.2, -0.15) is 0 Å². The minimum atomic E-state index is 0.276. The maximum atomic E-state index is 12.1. The summed E-state index contributed by atoms with van der Waals surface area (Å²) in [6, 6.07) is 0. The number of carbonyl (C=O) groups excluding carboxylic acids is 1. The van der Waals surface area contributed by atoms with Gasteiger partial charge in [0.2, 0.25) is 5.91 Å². The fourth-order valence-corrected chi connectivity index (χ4v) is 2.60. The van der Waals surface area contributed by atoms with Crippen LogP contribution in [0, 0.1) is 17.3 Å². The molecule has 1 aliphatic heterocycles. The van der Waals surface area contributed by atoms with E-state index in [0.29, 0.717) is 17.7 Å². The topological polar surface area (TPSA) is 32.3 Å². The van der Waals surface area contributed by atoms with Gasteiger partial charge in [0, 0.05) is 19.0 Å². The average Bonchev–Trinajstić information content (AvgIpc) is 2.64. The maximum Gasteiger partial charge on any atom is 0.226 e. The Kier molecular flexibility index (Phi) is 2.75. The molecule has 0 spiro atoms. The predicted molar refractivity (Wildman–Crippen MR) is 60.5 cm³/mol. The number of carbonyl (C=O) groups is 1. The Morgan fingerprint density at radius 1 is 1.53 bits per heavy atom. The van der Waals surface area contributed by atoms with Crippen LogP contribution in [0.1, 0.15) is 26.7 Å². The van der Waals surface area contributed by atoms with Crippen LogP contribution in [0.25, 0.3) is 0 Å². The highest BCUT2D eigenvalue weighted by molar-refractivity contribution is 5.82. The number of amides is 1. The van der Waals surface area contributed by atoms with E-state index in [4.69, 9.17) is 0 Å². The van der Waals surface area contributed by atoms with Crippen molar-refractivity contribution in [2.24, 2.45) is 17.3 Å². The molecule has 1 N–H and O–H groups in total. The lowest BCUT2D eigenvalue weighted by Gasteiger charge is -2.17. The third-order valence-electron chi connectivity index (χ3n) is 3.90. The summed E-state index contributed by atoms with van der Waals surface area (Å²) in [5.74, 6) is 1.38. The average molecular weight is 210 g/mol. The number of hydrogen-bond acceptors (Lipinski definition) is 2. The highest BCUT2D eigenvalue weighted by Gasteiger charge is 2.52. The summed E-state index contributed by atoms with van der Waals surface area (Å²) in [7, 11) is 1.98. The summed E-state index contributed by atoms with van der Waals surface area (Å²) in [4.78, 5) is 14.1. The Morgan fingerprint density at radius 2 is 2.20 bits per heavy atom. The van der Waals surface area contributed by atoms with Crippen LogP contribution in [0.3, 0.4) is 0 Å². The molecule has 2 aliphatic rings. The van der Waals surface area contributed by atoms with Gasteiger partial charge in [-0.25, -0.2) is 0 Å². The molecule has 1 heterocycles. The minimum Gasteiger partial charge on any atom is -0.342 e. The molecule has 3 heteroatoms. The monoisotopic (exact) mass is 210 g/mol. The zero-order chi connectivity index (χ0) is 11.1. The van der Waals surface area contributed by atoms with E-state index in [1.165, 1.54) is 6.42 Å². The zero-order valence-electron chi connectivity index (χ0n) is 10.0. The summed E-state index contributed by atoms with van der Waals surface area (Å²) in [5, 5.41) is 3.19.